The molecule has 0 aliphatic carbocycles. The number of carbonyl (C=O) groups excluding carboxylic acids is 1. The third-order valence-corrected chi connectivity index (χ3v) is 2.51. The standard InChI is InChI=1S/C12H16ClN5O2/c1-12(2,3)20-11(19)14-7-6-10-16-15-9-5-4-8(13)17-18(9)10/h4-5H,6-7H2,1-3H3,(H,14,19). The first-order valence-electron chi connectivity index (χ1n) is 6.19. The molecule has 1 amide bonds. The van der Waals surface area contributed by atoms with Crippen LogP contribution in [0.4, 0.5) is 4.79 Å². The molecule has 2 aromatic rings. The summed E-state index contributed by atoms with van der Waals surface area (Å²) in [5.41, 5.74) is 0.0995. The summed E-state index contributed by atoms with van der Waals surface area (Å²) >= 11 is 5.83. The Balaban J connectivity index is 1.93. The molecule has 20 heavy (non-hydrogen) atoms. The van der Waals surface area contributed by atoms with Crippen LogP contribution in [0.15, 0.2) is 12.1 Å². The minimum Gasteiger partial charge on any atom is -0.444 e. The number of ether oxygens (including phenoxy) is 1. The number of rotatable bonds is 3. The molecule has 0 aromatic carbocycles. The molecule has 2 aromatic heterocycles. The molecule has 0 radical (unpaired) electrons. The number of hydrogen-bond acceptors (Lipinski definition) is 5. The van der Waals surface area contributed by atoms with Crippen LogP contribution in [0.1, 0.15) is 26.6 Å². The lowest BCUT2D eigenvalue weighted by Crippen LogP contribution is -2.33. The van der Waals surface area contributed by atoms with E-state index < -0.39 is 11.7 Å². The summed E-state index contributed by atoms with van der Waals surface area (Å²) in [5.74, 6) is 0.624. The number of hydrogen-bond donors (Lipinski definition) is 1. The lowest BCUT2D eigenvalue weighted by atomic mass is 10.2. The van der Waals surface area contributed by atoms with Crippen LogP contribution in [-0.2, 0) is 11.2 Å². The van der Waals surface area contributed by atoms with Crippen LogP contribution in [0.25, 0.3) is 5.65 Å². The Morgan fingerprint density at radius 3 is 2.85 bits per heavy atom. The minimum absolute atomic E-state index is 0.360. The van der Waals surface area contributed by atoms with Crippen LogP contribution in [0.5, 0.6) is 0 Å². The van der Waals surface area contributed by atoms with Crippen molar-refractivity contribution in [2.24, 2.45) is 0 Å². The van der Waals surface area contributed by atoms with E-state index in [2.05, 4.69) is 20.6 Å². The average Bonchev–Trinajstić information content (AvgIpc) is 2.69. The van der Waals surface area contributed by atoms with Gasteiger partial charge in [-0.15, -0.1) is 10.2 Å². The molecule has 0 spiro atoms. The lowest BCUT2D eigenvalue weighted by molar-refractivity contribution is 0.0528. The fraction of sp³-hybridized carbons (Fsp3) is 0.500. The van der Waals surface area contributed by atoms with Gasteiger partial charge in [-0.3, -0.25) is 0 Å². The van der Waals surface area contributed by atoms with Crippen LogP contribution in [0.3, 0.4) is 0 Å². The van der Waals surface area contributed by atoms with Crippen molar-refractivity contribution < 1.29 is 9.53 Å². The molecule has 7 nitrogen and oxygen atoms in total. The fourth-order valence-corrected chi connectivity index (χ4v) is 1.70. The summed E-state index contributed by atoms with van der Waals surface area (Å²) in [4.78, 5) is 11.5. The zero-order valence-corrected chi connectivity index (χ0v) is 12.3. The van der Waals surface area contributed by atoms with Crippen molar-refractivity contribution >= 4 is 23.3 Å². The zero-order valence-electron chi connectivity index (χ0n) is 11.6. The van der Waals surface area contributed by atoms with Crippen LogP contribution < -0.4 is 5.32 Å². The van der Waals surface area contributed by atoms with Crippen molar-refractivity contribution in [3.05, 3.63) is 23.1 Å². The molecule has 0 fully saturated rings. The Kier molecular flexibility index (Phi) is 4.08. The van der Waals surface area contributed by atoms with Gasteiger partial charge in [0.2, 0.25) is 0 Å². The summed E-state index contributed by atoms with van der Waals surface area (Å²) in [6, 6.07) is 3.38. The molecule has 0 unspecified atom stereocenters. The number of alkyl carbamates (subject to hydrolysis) is 1. The predicted molar refractivity (Wildman–Crippen MR) is 73.7 cm³/mol. The summed E-state index contributed by atoms with van der Waals surface area (Å²) in [5, 5.41) is 15.1. The minimum atomic E-state index is -0.513. The van der Waals surface area contributed by atoms with Gasteiger partial charge in [-0.05, 0) is 32.9 Å². The van der Waals surface area contributed by atoms with Crippen LogP contribution >= 0.6 is 11.6 Å². The van der Waals surface area contributed by atoms with Gasteiger partial charge < -0.3 is 10.1 Å². The first-order chi connectivity index (χ1) is 9.35. The summed E-state index contributed by atoms with van der Waals surface area (Å²) in [6.45, 7) is 5.81. The molecule has 0 saturated carbocycles. The smallest absolute Gasteiger partial charge is 0.407 e. The largest absolute Gasteiger partial charge is 0.444 e. The van der Waals surface area contributed by atoms with Crippen molar-refractivity contribution in [1.29, 1.82) is 0 Å². The van der Waals surface area contributed by atoms with Gasteiger partial charge in [-0.1, -0.05) is 11.6 Å². The highest BCUT2D eigenvalue weighted by Crippen LogP contribution is 2.08. The molecule has 0 aliphatic rings. The van der Waals surface area contributed by atoms with Crippen LogP contribution in [0, 0.1) is 0 Å². The van der Waals surface area contributed by atoms with Crippen molar-refractivity contribution in [1.82, 2.24) is 25.1 Å². The molecule has 2 heterocycles. The highest BCUT2D eigenvalue weighted by Gasteiger charge is 2.16. The molecule has 1 N–H and O–H groups in total. The molecular formula is C12H16ClN5O2. The van der Waals surface area contributed by atoms with E-state index in [0.717, 1.165) is 0 Å². The molecule has 0 aliphatic heterocycles. The van der Waals surface area contributed by atoms with Gasteiger partial charge >= 0.3 is 6.09 Å². The predicted octanol–water partition coefficient (Wildman–Crippen LogP) is 1.84. The highest BCUT2D eigenvalue weighted by atomic mass is 35.5. The Morgan fingerprint density at radius 2 is 2.15 bits per heavy atom. The maximum absolute atomic E-state index is 11.5. The van der Waals surface area contributed by atoms with E-state index >= 15 is 0 Å². The molecule has 0 saturated heterocycles. The van der Waals surface area contributed by atoms with Crippen molar-refractivity contribution in [3.8, 4) is 0 Å². The monoisotopic (exact) mass is 297 g/mol. The Morgan fingerprint density at radius 1 is 1.40 bits per heavy atom. The Bertz CT molecular complexity index is 620. The van der Waals surface area contributed by atoms with Crippen LogP contribution in [-0.4, -0.2) is 38.1 Å². The SMILES string of the molecule is CC(C)(C)OC(=O)NCCc1nnc2ccc(Cl)nn12. The topological polar surface area (TPSA) is 81.4 Å². The first kappa shape index (κ1) is 14.5. The van der Waals surface area contributed by atoms with E-state index in [0.29, 0.717) is 29.6 Å². The number of aromatic nitrogens is 4. The number of carbonyl (C=O) groups is 1. The molecule has 108 valence electrons. The lowest BCUT2D eigenvalue weighted by Gasteiger charge is -2.19. The molecule has 0 bridgehead atoms. The molecule has 2 rings (SSSR count). The van der Waals surface area contributed by atoms with E-state index in [1.54, 1.807) is 16.6 Å². The summed E-state index contributed by atoms with van der Waals surface area (Å²) < 4.78 is 6.69. The third-order valence-electron chi connectivity index (χ3n) is 2.31. The molecule has 8 heteroatoms. The quantitative estimate of drug-likeness (QED) is 0.935. The fourth-order valence-electron chi connectivity index (χ4n) is 1.56. The maximum atomic E-state index is 11.5. The number of amides is 1. The van der Waals surface area contributed by atoms with E-state index in [1.165, 1.54) is 0 Å². The summed E-state index contributed by atoms with van der Waals surface area (Å²) in [6.07, 6.45) is 0.0191. The van der Waals surface area contributed by atoms with Gasteiger partial charge in [-0.2, -0.15) is 9.61 Å². The second-order valence-electron chi connectivity index (χ2n) is 5.22. The first-order valence-corrected chi connectivity index (χ1v) is 6.57. The van der Waals surface area contributed by atoms with Gasteiger partial charge in [0.1, 0.15) is 10.8 Å². The Hall–Kier alpha value is -1.89. The maximum Gasteiger partial charge on any atom is 0.407 e. The Labute approximate surface area is 121 Å². The van der Waals surface area contributed by atoms with Crippen molar-refractivity contribution in [2.75, 3.05) is 6.54 Å². The van der Waals surface area contributed by atoms with E-state index in [9.17, 15) is 4.79 Å². The average molecular weight is 298 g/mol. The molecular weight excluding hydrogens is 282 g/mol. The van der Waals surface area contributed by atoms with Crippen molar-refractivity contribution in [2.45, 2.75) is 32.8 Å². The number of fused-ring (bicyclic) bond motifs is 1. The van der Waals surface area contributed by atoms with E-state index in [4.69, 9.17) is 16.3 Å². The number of nitrogens with one attached hydrogen (secondary N) is 1. The van der Waals surface area contributed by atoms with Gasteiger partial charge in [0.15, 0.2) is 11.5 Å². The number of halogens is 1. The van der Waals surface area contributed by atoms with Crippen molar-refractivity contribution in [3.63, 3.8) is 0 Å². The second-order valence-corrected chi connectivity index (χ2v) is 5.61. The van der Waals surface area contributed by atoms with Gasteiger partial charge in [0.25, 0.3) is 0 Å². The summed E-state index contributed by atoms with van der Waals surface area (Å²) in [7, 11) is 0. The van der Waals surface area contributed by atoms with Gasteiger partial charge in [-0.25, -0.2) is 4.79 Å². The van der Waals surface area contributed by atoms with E-state index in [-0.39, 0.29) is 0 Å². The van der Waals surface area contributed by atoms with Gasteiger partial charge in [0.05, 0.1) is 0 Å². The zero-order chi connectivity index (χ0) is 14.8. The molecule has 0 atom stereocenters. The highest BCUT2D eigenvalue weighted by molar-refractivity contribution is 6.29. The third kappa shape index (κ3) is 3.80. The van der Waals surface area contributed by atoms with Gasteiger partial charge in [0, 0.05) is 13.0 Å². The van der Waals surface area contributed by atoms with E-state index in [1.807, 2.05) is 20.8 Å². The number of nitrogens with zero attached hydrogens (tertiary/aromatic N) is 4. The van der Waals surface area contributed by atoms with Crippen LogP contribution in [0.2, 0.25) is 5.15 Å². The second kappa shape index (κ2) is 5.62. The normalized spacial score (nSPS) is 11.6.